The van der Waals surface area contributed by atoms with Crippen molar-refractivity contribution >= 4 is 0 Å². The minimum atomic E-state index is -0.0795. The van der Waals surface area contributed by atoms with E-state index in [1.807, 2.05) is 0 Å². The van der Waals surface area contributed by atoms with E-state index in [4.69, 9.17) is 4.74 Å². The maximum absolute atomic E-state index is 9.94. The van der Waals surface area contributed by atoms with Crippen molar-refractivity contribution in [3.05, 3.63) is 0 Å². The van der Waals surface area contributed by atoms with Crippen LogP contribution in [0.5, 0.6) is 0 Å². The van der Waals surface area contributed by atoms with E-state index in [0.29, 0.717) is 12.0 Å². The predicted molar refractivity (Wildman–Crippen MR) is 69.0 cm³/mol. The molecule has 0 amide bonds. The van der Waals surface area contributed by atoms with Crippen molar-refractivity contribution in [2.75, 3.05) is 13.2 Å². The maximum atomic E-state index is 9.94. The molecule has 3 atom stereocenters. The number of rotatable bonds is 3. The highest BCUT2D eigenvalue weighted by Crippen LogP contribution is 2.26. The molecule has 2 fully saturated rings. The molecule has 1 aliphatic heterocycles. The lowest BCUT2D eigenvalue weighted by Crippen LogP contribution is -2.46. The van der Waals surface area contributed by atoms with Crippen LogP contribution in [0.3, 0.4) is 0 Å². The van der Waals surface area contributed by atoms with Crippen LogP contribution in [-0.4, -0.2) is 36.0 Å². The first-order valence-electron chi connectivity index (χ1n) is 7.12. The minimum Gasteiger partial charge on any atom is -0.393 e. The number of hydrogen-bond donors (Lipinski definition) is 2. The fourth-order valence-corrected chi connectivity index (χ4v) is 3.15. The van der Waals surface area contributed by atoms with Crippen LogP contribution in [0.4, 0.5) is 0 Å². The molecular formula is C14H27NO2. The summed E-state index contributed by atoms with van der Waals surface area (Å²) in [4.78, 5) is 0. The molecule has 0 bridgehead atoms. The van der Waals surface area contributed by atoms with Gasteiger partial charge in [-0.05, 0) is 45.4 Å². The van der Waals surface area contributed by atoms with Crippen LogP contribution < -0.4 is 5.32 Å². The second kappa shape index (κ2) is 5.68. The molecule has 1 saturated heterocycles. The van der Waals surface area contributed by atoms with Gasteiger partial charge in [-0.3, -0.25) is 0 Å². The van der Waals surface area contributed by atoms with Crippen molar-refractivity contribution in [3.8, 4) is 0 Å². The highest BCUT2D eigenvalue weighted by molar-refractivity contribution is 4.85. The molecule has 0 aromatic carbocycles. The molecule has 3 heteroatoms. The van der Waals surface area contributed by atoms with Crippen LogP contribution in [0.2, 0.25) is 0 Å². The second-order valence-electron chi connectivity index (χ2n) is 6.32. The van der Waals surface area contributed by atoms with Crippen molar-refractivity contribution in [2.45, 2.75) is 70.1 Å². The third kappa shape index (κ3) is 3.94. The molecule has 2 rings (SSSR count). The fourth-order valence-electron chi connectivity index (χ4n) is 3.15. The van der Waals surface area contributed by atoms with Gasteiger partial charge in [0.2, 0.25) is 0 Å². The smallest absolute Gasteiger partial charge is 0.0641 e. The highest BCUT2D eigenvalue weighted by Gasteiger charge is 2.30. The Morgan fingerprint density at radius 3 is 2.71 bits per heavy atom. The molecule has 0 aromatic rings. The molecule has 100 valence electrons. The first-order chi connectivity index (χ1) is 8.07. The zero-order valence-electron chi connectivity index (χ0n) is 11.2. The summed E-state index contributed by atoms with van der Waals surface area (Å²) in [6, 6.07) is 0.563. The first kappa shape index (κ1) is 13.3. The fraction of sp³-hybridized carbons (Fsp3) is 1.00. The number of nitrogens with one attached hydrogen (secondary N) is 1. The Labute approximate surface area is 105 Å². The third-order valence-corrected chi connectivity index (χ3v) is 4.23. The monoisotopic (exact) mass is 241 g/mol. The summed E-state index contributed by atoms with van der Waals surface area (Å²) < 4.78 is 5.72. The van der Waals surface area contributed by atoms with E-state index in [1.165, 1.54) is 19.3 Å². The summed E-state index contributed by atoms with van der Waals surface area (Å²) in [7, 11) is 0. The highest BCUT2D eigenvalue weighted by atomic mass is 16.5. The van der Waals surface area contributed by atoms with E-state index in [1.54, 1.807) is 0 Å². The zero-order valence-corrected chi connectivity index (χ0v) is 11.2. The molecular weight excluding hydrogens is 214 g/mol. The van der Waals surface area contributed by atoms with Crippen LogP contribution in [0, 0.1) is 5.92 Å². The minimum absolute atomic E-state index is 0.0150. The van der Waals surface area contributed by atoms with Gasteiger partial charge in [-0.25, -0.2) is 0 Å². The van der Waals surface area contributed by atoms with E-state index in [-0.39, 0.29) is 11.7 Å². The van der Waals surface area contributed by atoms with Gasteiger partial charge in [0.05, 0.1) is 11.7 Å². The lowest BCUT2D eigenvalue weighted by Gasteiger charge is -2.37. The third-order valence-electron chi connectivity index (χ3n) is 4.23. The molecule has 17 heavy (non-hydrogen) atoms. The Bertz CT molecular complexity index is 242. The van der Waals surface area contributed by atoms with Gasteiger partial charge in [0.15, 0.2) is 0 Å². The normalized spacial score (nSPS) is 37.9. The van der Waals surface area contributed by atoms with Gasteiger partial charge < -0.3 is 15.2 Å². The summed E-state index contributed by atoms with van der Waals surface area (Å²) in [6.45, 7) is 6.16. The number of ether oxygens (including phenoxy) is 1. The van der Waals surface area contributed by atoms with Crippen LogP contribution >= 0.6 is 0 Å². The van der Waals surface area contributed by atoms with E-state index in [9.17, 15) is 5.11 Å². The standard InChI is InChI=1S/C14H27NO2/c1-14(2)9-12(7-8-17-14)15-10-11-5-3-4-6-13(11)16/h11-13,15-16H,3-10H2,1-2H3. The maximum Gasteiger partial charge on any atom is 0.0641 e. The van der Waals surface area contributed by atoms with E-state index < -0.39 is 0 Å². The van der Waals surface area contributed by atoms with Gasteiger partial charge in [-0.2, -0.15) is 0 Å². The van der Waals surface area contributed by atoms with Crippen LogP contribution in [0.1, 0.15) is 52.4 Å². The average Bonchev–Trinajstić information content (AvgIpc) is 2.27. The SMILES string of the molecule is CC1(C)CC(NCC2CCCCC2O)CCO1. The summed E-state index contributed by atoms with van der Waals surface area (Å²) >= 11 is 0. The van der Waals surface area contributed by atoms with Crippen molar-refractivity contribution in [1.29, 1.82) is 0 Å². The quantitative estimate of drug-likeness (QED) is 0.795. The van der Waals surface area contributed by atoms with Gasteiger partial charge in [0.1, 0.15) is 0 Å². The predicted octanol–water partition coefficient (Wildman–Crippen LogP) is 2.08. The first-order valence-corrected chi connectivity index (χ1v) is 7.12. The van der Waals surface area contributed by atoms with Crippen LogP contribution in [-0.2, 0) is 4.74 Å². The number of aliphatic hydroxyl groups is 1. The Morgan fingerprint density at radius 2 is 2.00 bits per heavy atom. The molecule has 0 radical (unpaired) electrons. The Kier molecular flexibility index (Phi) is 4.45. The second-order valence-corrected chi connectivity index (χ2v) is 6.32. The Morgan fingerprint density at radius 1 is 1.24 bits per heavy atom. The van der Waals surface area contributed by atoms with Crippen molar-refractivity contribution in [2.24, 2.45) is 5.92 Å². The molecule has 2 aliphatic rings. The lowest BCUT2D eigenvalue weighted by molar-refractivity contribution is -0.0640. The summed E-state index contributed by atoms with van der Waals surface area (Å²) in [5.74, 6) is 0.467. The average molecular weight is 241 g/mol. The van der Waals surface area contributed by atoms with Crippen molar-refractivity contribution in [1.82, 2.24) is 5.32 Å². The Hall–Kier alpha value is -0.120. The summed E-state index contributed by atoms with van der Waals surface area (Å²) in [5, 5.41) is 13.6. The van der Waals surface area contributed by atoms with Gasteiger partial charge in [0.25, 0.3) is 0 Å². The molecule has 1 heterocycles. The lowest BCUT2D eigenvalue weighted by atomic mass is 9.86. The largest absolute Gasteiger partial charge is 0.393 e. The van der Waals surface area contributed by atoms with Crippen LogP contribution in [0.15, 0.2) is 0 Å². The van der Waals surface area contributed by atoms with Gasteiger partial charge in [-0.1, -0.05) is 12.8 Å². The van der Waals surface area contributed by atoms with Gasteiger partial charge in [0, 0.05) is 19.2 Å². The number of hydrogen-bond acceptors (Lipinski definition) is 3. The van der Waals surface area contributed by atoms with Crippen LogP contribution in [0.25, 0.3) is 0 Å². The molecule has 3 nitrogen and oxygen atoms in total. The van der Waals surface area contributed by atoms with E-state index >= 15 is 0 Å². The molecule has 2 N–H and O–H groups in total. The summed E-state index contributed by atoms with van der Waals surface area (Å²) in [5.41, 5.74) is 0.0150. The molecule has 3 unspecified atom stereocenters. The van der Waals surface area contributed by atoms with Gasteiger partial charge >= 0.3 is 0 Å². The van der Waals surface area contributed by atoms with Crippen molar-refractivity contribution in [3.63, 3.8) is 0 Å². The Balaban J connectivity index is 1.73. The number of aliphatic hydroxyl groups excluding tert-OH is 1. The topological polar surface area (TPSA) is 41.5 Å². The van der Waals surface area contributed by atoms with Gasteiger partial charge in [-0.15, -0.1) is 0 Å². The van der Waals surface area contributed by atoms with E-state index in [0.717, 1.165) is 32.4 Å². The van der Waals surface area contributed by atoms with Crippen molar-refractivity contribution < 1.29 is 9.84 Å². The zero-order chi connectivity index (χ0) is 12.3. The van der Waals surface area contributed by atoms with E-state index in [2.05, 4.69) is 19.2 Å². The molecule has 0 spiro atoms. The molecule has 1 aliphatic carbocycles. The molecule has 1 saturated carbocycles. The summed E-state index contributed by atoms with van der Waals surface area (Å²) in [6.07, 6.45) is 6.75. The molecule has 0 aromatic heterocycles.